The van der Waals surface area contributed by atoms with Crippen molar-refractivity contribution in [1.82, 2.24) is 10.2 Å². The van der Waals surface area contributed by atoms with E-state index in [4.69, 9.17) is 5.11 Å². The number of rotatable bonds is 2. The lowest BCUT2D eigenvalue weighted by atomic mass is 10.0. The predicted molar refractivity (Wildman–Crippen MR) is 62.6 cm³/mol. The molecule has 0 fully saturated rings. The molecule has 0 bridgehead atoms. The molecule has 3 rings (SSSR count). The van der Waals surface area contributed by atoms with Gasteiger partial charge in [0.1, 0.15) is 0 Å². The molecule has 17 heavy (non-hydrogen) atoms. The minimum atomic E-state index is -0.728. The number of nitrogens with zero attached hydrogens (tertiary/aromatic N) is 1. The molecule has 0 spiro atoms. The molecule has 4 heteroatoms. The van der Waals surface area contributed by atoms with Gasteiger partial charge in [0.05, 0.1) is 11.6 Å². The second kappa shape index (κ2) is 3.73. The number of aliphatic carboxylic acids is 1. The van der Waals surface area contributed by atoms with Crippen LogP contribution >= 0.6 is 0 Å². The molecule has 0 saturated heterocycles. The van der Waals surface area contributed by atoms with Crippen LogP contribution in [0.1, 0.15) is 11.3 Å². The molecular formula is C13H12N2O2. The average molecular weight is 228 g/mol. The van der Waals surface area contributed by atoms with Crippen molar-refractivity contribution in [3.05, 3.63) is 41.6 Å². The van der Waals surface area contributed by atoms with E-state index in [2.05, 4.69) is 10.2 Å². The van der Waals surface area contributed by atoms with E-state index in [0.717, 1.165) is 22.5 Å². The van der Waals surface area contributed by atoms with Gasteiger partial charge in [0.25, 0.3) is 0 Å². The van der Waals surface area contributed by atoms with E-state index in [-0.39, 0.29) is 5.92 Å². The number of hydrogen-bond donors (Lipinski definition) is 2. The van der Waals surface area contributed by atoms with Crippen molar-refractivity contribution in [2.75, 3.05) is 0 Å². The molecule has 0 saturated carbocycles. The van der Waals surface area contributed by atoms with Crippen LogP contribution in [0.15, 0.2) is 30.3 Å². The van der Waals surface area contributed by atoms with E-state index >= 15 is 0 Å². The summed E-state index contributed by atoms with van der Waals surface area (Å²) >= 11 is 0. The second-order valence-corrected chi connectivity index (χ2v) is 4.34. The standard InChI is InChI=1S/C13H12N2O2/c16-13(17)9-6-10-11(7-9)14-15-12(10)8-4-2-1-3-5-8/h1-5,9H,6-7H2,(H,14,15)(H,16,17). The molecule has 86 valence electrons. The van der Waals surface area contributed by atoms with Crippen LogP contribution in [0.3, 0.4) is 0 Å². The minimum absolute atomic E-state index is 0.304. The van der Waals surface area contributed by atoms with Crippen LogP contribution in [0, 0.1) is 5.92 Å². The molecule has 1 aromatic heterocycles. The third-order valence-electron chi connectivity index (χ3n) is 3.25. The van der Waals surface area contributed by atoms with Crippen molar-refractivity contribution in [3.8, 4) is 11.3 Å². The van der Waals surface area contributed by atoms with Gasteiger partial charge in [0.15, 0.2) is 0 Å². The zero-order valence-corrected chi connectivity index (χ0v) is 9.18. The molecule has 4 nitrogen and oxygen atoms in total. The zero-order valence-electron chi connectivity index (χ0n) is 9.18. The number of aromatic nitrogens is 2. The van der Waals surface area contributed by atoms with E-state index < -0.39 is 5.97 Å². The number of H-pyrrole nitrogens is 1. The lowest BCUT2D eigenvalue weighted by Crippen LogP contribution is -2.13. The maximum Gasteiger partial charge on any atom is 0.307 e. The first-order valence-electron chi connectivity index (χ1n) is 5.60. The number of carbonyl (C=O) groups is 1. The van der Waals surface area contributed by atoms with Crippen LogP contribution in [-0.2, 0) is 17.6 Å². The smallest absolute Gasteiger partial charge is 0.307 e. The lowest BCUT2D eigenvalue weighted by Gasteiger charge is -2.02. The summed E-state index contributed by atoms with van der Waals surface area (Å²) in [6.45, 7) is 0. The highest BCUT2D eigenvalue weighted by Gasteiger charge is 2.31. The van der Waals surface area contributed by atoms with Gasteiger partial charge in [-0.25, -0.2) is 0 Å². The maximum atomic E-state index is 11.0. The Morgan fingerprint density at radius 1 is 1.29 bits per heavy atom. The summed E-state index contributed by atoms with van der Waals surface area (Å²) in [5, 5.41) is 16.3. The third-order valence-corrected chi connectivity index (χ3v) is 3.25. The number of aromatic amines is 1. The number of carboxylic acids is 1. The van der Waals surface area contributed by atoms with Crippen molar-refractivity contribution in [2.24, 2.45) is 5.92 Å². The van der Waals surface area contributed by atoms with Crippen molar-refractivity contribution >= 4 is 5.97 Å². The summed E-state index contributed by atoms with van der Waals surface area (Å²) in [5.41, 5.74) is 3.96. The fraction of sp³-hybridized carbons (Fsp3) is 0.231. The quantitative estimate of drug-likeness (QED) is 0.824. The largest absolute Gasteiger partial charge is 0.481 e. The molecule has 2 N–H and O–H groups in total. The molecule has 1 atom stereocenters. The molecule has 0 aliphatic heterocycles. The molecule has 1 unspecified atom stereocenters. The molecule has 0 amide bonds. The van der Waals surface area contributed by atoms with Gasteiger partial charge in [0.2, 0.25) is 0 Å². The molecule has 1 heterocycles. The van der Waals surface area contributed by atoms with Gasteiger partial charge in [-0.3, -0.25) is 9.89 Å². The topological polar surface area (TPSA) is 66.0 Å². The second-order valence-electron chi connectivity index (χ2n) is 4.34. The normalized spacial score (nSPS) is 18.0. The summed E-state index contributed by atoms with van der Waals surface area (Å²) in [6, 6.07) is 9.85. The fourth-order valence-corrected chi connectivity index (χ4v) is 2.36. The van der Waals surface area contributed by atoms with Gasteiger partial charge >= 0.3 is 5.97 Å². The Labute approximate surface area is 98.3 Å². The van der Waals surface area contributed by atoms with Crippen molar-refractivity contribution in [3.63, 3.8) is 0 Å². The van der Waals surface area contributed by atoms with Gasteiger partial charge in [-0.1, -0.05) is 30.3 Å². The summed E-state index contributed by atoms with van der Waals surface area (Å²) in [5.74, 6) is -1.03. The summed E-state index contributed by atoms with van der Waals surface area (Å²) < 4.78 is 0. The minimum Gasteiger partial charge on any atom is -0.481 e. The van der Waals surface area contributed by atoms with Crippen LogP contribution in [0.4, 0.5) is 0 Å². The highest BCUT2D eigenvalue weighted by Crippen LogP contribution is 2.32. The molecule has 0 radical (unpaired) electrons. The number of hydrogen-bond acceptors (Lipinski definition) is 2. The van der Waals surface area contributed by atoms with E-state index in [1.54, 1.807) is 0 Å². The van der Waals surface area contributed by atoms with Crippen LogP contribution < -0.4 is 0 Å². The summed E-state index contributed by atoms with van der Waals surface area (Å²) in [4.78, 5) is 11.0. The van der Waals surface area contributed by atoms with Crippen molar-refractivity contribution < 1.29 is 9.90 Å². The first-order chi connectivity index (χ1) is 8.25. The monoisotopic (exact) mass is 228 g/mol. The molecule has 2 aromatic rings. The van der Waals surface area contributed by atoms with Crippen LogP contribution in [0.5, 0.6) is 0 Å². The average Bonchev–Trinajstić information content (AvgIpc) is 2.89. The van der Waals surface area contributed by atoms with Gasteiger partial charge in [0, 0.05) is 23.2 Å². The van der Waals surface area contributed by atoms with E-state index in [0.29, 0.717) is 12.8 Å². The van der Waals surface area contributed by atoms with Crippen LogP contribution in [-0.4, -0.2) is 21.3 Å². The highest BCUT2D eigenvalue weighted by molar-refractivity contribution is 5.74. The molecule has 1 aliphatic rings. The van der Waals surface area contributed by atoms with Gasteiger partial charge in [-0.15, -0.1) is 0 Å². The Balaban J connectivity index is 1.99. The van der Waals surface area contributed by atoms with E-state index in [9.17, 15) is 4.79 Å². The van der Waals surface area contributed by atoms with Crippen LogP contribution in [0.25, 0.3) is 11.3 Å². The number of fused-ring (bicyclic) bond motifs is 1. The van der Waals surface area contributed by atoms with Crippen LogP contribution in [0.2, 0.25) is 0 Å². The Hall–Kier alpha value is -2.10. The first kappa shape index (κ1) is 10.1. The summed E-state index contributed by atoms with van der Waals surface area (Å²) in [7, 11) is 0. The Morgan fingerprint density at radius 3 is 2.76 bits per heavy atom. The maximum absolute atomic E-state index is 11.0. The molecular weight excluding hydrogens is 216 g/mol. The molecule has 1 aromatic carbocycles. The Morgan fingerprint density at radius 2 is 2.06 bits per heavy atom. The van der Waals surface area contributed by atoms with Gasteiger partial charge in [-0.05, 0) is 6.42 Å². The van der Waals surface area contributed by atoms with Crippen molar-refractivity contribution in [2.45, 2.75) is 12.8 Å². The third kappa shape index (κ3) is 1.62. The lowest BCUT2D eigenvalue weighted by molar-refractivity contribution is -0.141. The first-order valence-corrected chi connectivity index (χ1v) is 5.60. The molecule has 1 aliphatic carbocycles. The SMILES string of the molecule is O=C(O)C1Cc2[nH]nc(-c3ccccc3)c2C1. The van der Waals surface area contributed by atoms with E-state index in [1.165, 1.54) is 0 Å². The Bertz CT molecular complexity index is 560. The van der Waals surface area contributed by atoms with E-state index in [1.807, 2.05) is 30.3 Å². The Kier molecular flexibility index (Phi) is 2.21. The van der Waals surface area contributed by atoms with Crippen molar-refractivity contribution in [1.29, 1.82) is 0 Å². The number of benzene rings is 1. The highest BCUT2D eigenvalue weighted by atomic mass is 16.4. The zero-order chi connectivity index (χ0) is 11.8. The summed E-state index contributed by atoms with van der Waals surface area (Å²) in [6.07, 6.45) is 1.13. The number of nitrogens with one attached hydrogen (secondary N) is 1. The predicted octanol–water partition coefficient (Wildman–Crippen LogP) is 1.88. The number of carboxylic acid groups (broad SMARTS) is 1. The van der Waals surface area contributed by atoms with Gasteiger partial charge in [-0.2, -0.15) is 5.10 Å². The van der Waals surface area contributed by atoms with Gasteiger partial charge < -0.3 is 5.11 Å². The fourth-order valence-electron chi connectivity index (χ4n) is 2.36.